The highest BCUT2D eigenvalue weighted by Crippen LogP contribution is 2.68. The molecule has 0 spiro atoms. The smallest absolute Gasteiger partial charge is 0.187 e. The third-order valence-corrected chi connectivity index (χ3v) is 10.8. The summed E-state index contributed by atoms with van der Waals surface area (Å²) < 4.78 is 10.9. The van der Waals surface area contributed by atoms with Gasteiger partial charge in [0.1, 0.15) is 31.0 Å². The maximum atomic E-state index is 13.4. The number of Topliss-reactive ketones (excluding diaryl/α,β-unsaturated/α-hetero) is 1. The fourth-order valence-corrected chi connectivity index (χ4v) is 8.52. The van der Waals surface area contributed by atoms with Gasteiger partial charge in [0.25, 0.3) is 0 Å². The molecule has 11 atom stereocenters. The van der Waals surface area contributed by atoms with E-state index in [4.69, 9.17) is 9.47 Å². The molecule has 0 amide bonds. The Hall–Kier alpha value is -1.20. The quantitative estimate of drug-likeness (QED) is 0.360. The van der Waals surface area contributed by atoms with E-state index in [1.807, 2.05) is 13.0 Å². The van der Waals surface area contributed by atoms with Crippen LogP contribution >= 0.6 is 0 Å². The van der Waals surface area contributed by atoms with E-state index >= 15 is 0 Å². The molecule has 9 nitrogen and oxygen atoms in total. The number of allylic oxidation sites excluding steroid dienone is 1. The molecule has 9 heteroatoms. The normalized spacial score (nSPS) is 50.6. The summed E-state index contributed by atoms with van der Waals surface area (Å²) in [5, 5.41) is 51.7. The van der Waals surface area contributed by atoms with Crippen LogP contribution < -0.4 is 0 Å². The first-order chi connectivity index (χ1) is 17.0. The van der Waals surface area contributed by atoms with Crippen LogP contribution in [0.4, 0.5) is 0 Å². The highest BCUT2D eigenvalue weighted by molar-refractivity contribution is 5.91. The first kappa shape index (κ1) is 26.4. The Bertz CT molecular complexity index is 932. The first-order valence-electron chi connectivity index (χ1n) is 13.4. The van der Waals surface area contributed by atoms with Gasteiger partial charge in [-0.15, -0.1) is 0 Å². The van der Waals surface area contributed by atoms with Crippen LogP contribution in [-0.2, 0) is 19.1 Å². The minimum atomic E-state index is -1.57. The van der Waals surface area contributed by atoms with Crippen LogP contribution in [0.2, 0.25) is 0 Å². The first-order valence-corrected chi connectivity index (χ1v) is 13.4. The summed E-state index contributed by atoms with van der Waals surface area (Å²) in [6.45, 7) is 3.34. The number of carbonyl (C=O) groups is 2. The van der Waals surface area contributed by atoms with Gasteiger partial charge in [-0.2, -0.15) is 0 Å². The molecule has 1 saturated heterocycles. The average Bonchev–Trinajstić information content (AvgIpc) is 3.13. The highest BCUT2D eigenvalue weighted by atomic mass is 16.7. The fourth-order valence-electron chi connectivity index (χ4n) is 8.52. The van der Waals surface area contributed by atoms with Crippen LogP contribution in [0.15, 0.2) is 11.6 Å². The molecule has 0 aromatic rings. The van der Waals surface area contributed by atoms with Crippen molar-refractivity contribution in [1.82, 2.24) is 0 Å². The van der Waals surface area contributed by atoms with E-state index in [1.54, 1.807) is 0 Å². The van der Waals surface area contributed by atoms with Gasteiger partial charge in [0.15, 0.2) is 17.9 Å². The van der Waals surface area contributed by atoms with Gasteiger partial charge in [-0.1, -0.05) is 19.4 Å². The molecule has 5 rings (SSSR count). The molecule has 0 aromatic carbocycles. The second-order valence-corrected chi connectivity index (χ2v) is 12.3. The zero-order valence-electron chi connectivity index (χ0n) is 21.1. The van der Waals surface area contributed by atoms with Crippen LogP contribution in [0.5, 0.6) is 0 Å². The fraction of sp³-hybridized carbons (Fsp3) is 0.852. The summed E-state index contributed by atoms with van der Waals surface area (Å²) in [5.41, 5.74) is -0.436. The Morgan fingerprint density at radius 3 is 2.50 bits per heavy atom. The Kier molecular flexibility index (Phi) is 6.76. The van der Waals surface area contributed by atoms with Crippen molar-refractivity contribution in [2.75, 3.05) is 13.2 Å². The predicted molar refractivity (Wildman–Crippen MR) is 126 cm³/mol. The number of hydrogen-bond acceptors (Lipinski definition) is 9. The Morgan fingerprint density at radius 1 is 1.03 bits per heavy atom. The second-order valence-electron chi connectivity index (χ2n) is 12.3. The lowest BCUT2D eigenvalue weighted by Gasteiger charge is -2.61. The van der Waals surface area contributed by atoms with E-state index in [0.717, 1.165) is 25.7 Å². The molecule has 0 aromatic heterocycles. The van der Waals surface area contributed by atoms with Crippen LogP contribution in [0.3, 0.4) is 0 Å². The van der Waals surface area contributed by atoms with Gasteiger partial charge < -0.3 is 35.0 Å². The van der Waals surface area contributed by atoms with Crippen molar-refractivity contribution in [3.05, 3.63) is 11.6 Å². The van der Waals surface area contributed by atoms with Gasteiger partial charge in [-0.25, -0.2) is 0 Å². The van der Waals surface area contributed by atoms with E-state index in [-0.39, 0.29) is 35.4 Å². The lowest BCUT2D eigenvalue weighted by Crippen LogP contribution is -2.61. The van der Waals surface area contributed by atoms with E-state index in [0.29, 0.717) is 25.7 Å². The number of aliphatic hydroxyl groups excluding tert-OH is 4. The molecule has 5 aliphatic rings. The van der Waals surface area contributed by atoms with Crippen LogP contribution in [0.25, 0.3) is 0 Å². The average molecular weight is 509 g/mol. The molecule has 0 radical (unpaired) electrons. The highest BCUT2D eigenvalue weighted by Gasteiger charge is 2.67. The lowest BCUT2D eigenvalue weighted by atomic mass is 9.45. The largest absolute Gasteiger partial charge is 0.394 e. The maximum absolute atomic E-state index is 13.4. The Morgan fingerprint density at radius 2 is 1.78 bits per heavy atom. The molecular formula is C27H40O9. The molecule has 5 N–H and O–H groups in total. The van der Waals surface area contributed by atoms with Gasteiger partial charge in [0.2, 0.25) is 0 Å². The zero-order chi connectivity index (χ0) is 26.0. The number of fused-ring (bicyclic) bond motifs is 5. The molecule has 36 heavy (non-hydrogen) atoms. The molecule has 3 saturated carbocycles. The SMILES string of the molecule is C[C@]12CCC(=O)C=C1CC[C@@H]1[C@@H]2CC[C@]2(C)[C@@H](C(=O)CO[C@@H]3O[C@H](CO)[C@@H](O)[C@H](O)[C@H]3O)CC[C@]12O. The summed E-state index contributed by atoms with van der Waals surface area (Å²) in [6, 6.07) is 0. The molecular weight excluding hydrogens is 468 g/mol. The number of hydrogen-bond donors (Lipinski definition) is 5. The van der Waals surface area contributed by atoms with Crippen LogP contribution in [0.1, 0.15) is 65.2 Å². The van der Waals surface area contributed by atoms with Crippen molar-refractivity contribution in [3.8, 4) is 0 Å². The van der Waals surface area contributed by atoms with Gasteiger partial charge in [-0.3, -0.25) is 9.59 Å². The third-order valence-electron chi connectivity index (χ3n) is 10.8. The molecule has 1 heterocycles. The number of aliphatic hydroxyl groups is 5. The summed E-state index contributed by atoms with van der Waals surface area (Å²) in [5.74, 6) is -0.0504. The van der Waals surface area contributed by atoms with Crippen molar-refractivity contribution in [1.29, 1.82) is 0 Å². The van der Waals surface area contributed by atoms with Gasteiger partial charge in [-0.05, 0) is 68.3 Å². The Balaban J connectivity index is 1.30. The minimum absolute atomic E-state index is 0.0655. The van der Waals surface area contributed by atoms with Gasteiger partial charge in [0, 0.05) is 17.8 Å². The summed E-state index contributed by atoms with van der Waals surface area (Å²) >= 11 is 0. The van der Waals surface area contributed by atoms with E-state index in [9.17, 15) is 35.1 Å². The second kappa shape index (κ2) is 9.22. The monoisotopic (exact) mass is 508 g/mol. The van der Waals surface area contributed by atoms with Gasteiger partial charge >= 0.3 is 0 Å². The van der Waals surface area contributed by atoms with E-state index < -0.39 is 54.2 Å². The number of carbonyl (C=O) groups excluding carboxylic acids is 2. The maximum Gasteiger partial charge on any atom is 0.187 e. The number of ether oxygens (including phenoxy) is 2. The summed E-state index contributed by atoms with van der Waals surface area (Å²) in [7, 11) is 0. The Labute approximate surface area is 211 Å². The van der Waals surface area contributed by atoms with E-state index in [1.165, 1.54) is 5.57 Å². The topological polar surface area (TPSA) is 154 Å². The number of rotatable bonds is 5. The summed E-state index contributed by atoms with van der Waals surface area (Å²) in [6.07, 6.45) is 0.437. The summed E-state index contributed by atoms with van der Waals surface area (Å²) in [4.78, 5) is 25.5. The van der Waals surface area contributed by atoms with Crippen LogP contribution in [-0.4, -0.2) is 86.6 Å². The van der Waals surface area contributed by atoms with Crippen molar-refractivity contribution < 1.29 is 44.6 Å². The third kappa shape index (κ3) is 3.77. The molecule has 202 valence electrons. The molecule has 0 bridgehead atoms. The van der Waals surface area contributed by atoms with Crippen LogP contribution in [0, 0.1) is 28.6 Å². The van der Waals surface area contributed by atoms with Crippen molar-refractivity contribution >= 4 is 11.6 Å². The standard InChI is InChI=1S/C27H40O9/c1-25-8-5-15(29)11-14(25)3-4-17-16(25)6-9-26(2)18(7-10-27(17,26)34)19(30)13-35-24-23(33)22(32)21(31)20(12-28)36-24/h11,16-18,20-24,28,31-34H,3-10,12-13H2,1-2H3/t16-,17+,18+,20+,21+,22-,23+,24+,25-,26+,27-/m0/s1. The van der Waals surface area contributed by atoms with Gasteiger partial charge in [0.05, 0.1) is 12.2 Å². The molecule has 1 aliphatic heterocycles. The van der Waals surface area contributed by atoms with Crippen molar-refractivity contribution in [2.45, 2.75) is 102 Å². The minimum Gasteiger partial charge on any atom is -0.394 e. The number of ketones is 2. The van der Waals surface area contributed by atoms with E-state index in [2.05, 4.69) is 6.92 Å². The molecule has 4 aliphatic carbocycles. The molecule has 4 fully saturated rings. The van der Waals surface area contributed by atoms with Crippen molar-refractivity contribution in [2.24, 2.45) is 28.6 Å². The molecule has 0 unspecified atom stereocenters. The predicted octanol–water partition coefficient (Wildman–Crippen LogP) is 0.635. The van der Waals surface area contributed by atoms with Crippen molar-refractivity contribution in [3.63, 3.8) is 0 Å². The zero-order valence-corrected chi connectivity index (χ0v) is 21.1. The lowest BCUT2D eigenvalue weighted by molar-refractivity contribution is -0.299.